The van der Waals surface area contributed by atoms with E-state index in [4.69, 9.17) is 13.9 Å². The van der Waals surface area contributed by atoms with Gasteiger partial charge in [-0.3, -0.25) is 14.5 Å². The fraction of sp³-hybridized carbons (Fsp3) is 0.273. The van der Waals surface area contributed by atoms with Crippen molar-refractivity contribution in [2.45, 2.75) is 6.54 Å². The summed E-state index contributed by atoms with van der Waals surface area (Å²) in [4.78, 5) is 27.3. The van der Waals surface area contributed by atoms with E-state index < -0.39 is 5.91 Å². The van der Waals surface area contributed by atoms with Crippen molar-refractivity contribution < 1.29 is 18.7 Å². The number of carbonyl (C=O) groups excluding carboxylic acids is 1. The number of nitrogens with zero attached hydrogens (tertiary/aromatic N) is 1. The SMILES string of the molecule is COc1ccc2c(=O)cc(C(=O)Nc3cccc(CN4CCOCC4)c3)oc2c1. The third-order valence-electron chi connectivity index (χ3n) is 4.85. The molecule has 0 spiro atoms. The Labute approximate surface area is 167 Å². The van der Waals surface area contributed by atoms with Crippen molar-refractivity contribution in [3.63, 3.8) is 0 Å². The second-order valence-electron chi connectivity index (χ2n) is 6.88. The van der Waals surface area contributed by atoms with Crippen LogP contribution in [0.25, 0.3) is 11.0 Å². The third-order valence-corrected chi connectivity index (χ3v) is 4.85. The summed E-state index contributed by atoms with van der Waals surface area (Å²) in [5.74, 6) is 0.0266. The largest absolute Gasteiger partial charge is 0.497 e. The molecule has 0 unspecified atom stereocenters. The summed E-state index contributed by atoms with van der Waals surface area (Å²) in [5.41, 5.74) is 1.77. The summed E-state index contributed by atoms with van der Waals surface area (Å²) in [6, 6.07) is 13.8. The molecule has 29 heavy (non-hydrogen) atoms. The summed E-state index contributed by atoms with van der Waals surface area (Å²) in [6.45, 7) is 4.05. The van der Waals surface area contributed by atoms with E-state index in [1.807, 2.05) is 24.3 Å². The van der Waals surface area contributed by atoms with Gasteiger partial charge in [-0.2, -0.15) is 0 Å². The number of ether oxygens (including phenoxy) is 2. The van der Waals surface area contributed by atoms with Crippen molar-refractivity contribution in [1.29, 1.82) is 0 Å². The third kappa shape index (κ3) is 4.47. The Bertz CT molecular complexity index is 1090. The van der Waals surface area contributed by atoms with E-state index in [2.05, 4.69) is 10.2 Å². The monoisotopic (exact) mass is 394 g/mol. The summed E-state index contributed by atoms with van der Waals surface area (Å²) in [7, 11) is 1.53. The minimum absolute atomic E-state index is 0.0469. The maximum atomic E-state index is 12.7. The fourth-order valence-electron chi connectivity index (χ4n) is 3.33. The number of hydrogen-bond donors (Lipinski definition) is 1. The highest BCUT2D eigenvalue weighted by Crippen LogP contribution is 2.20. The minimum atomic E-state index is -0.477. The summed E-state index contributed by atoms with van der Waals surface area (Å²) in [5, 5.41) is 3.21. The second-order valence-corrected chi connectivity index (χ2v) is 6.88. The van der Waals surface area contributed by atoms with Gasteiger partial charge in [-0.25, -0.2) is 0 Å². The average molecular weight is 394 g/mol. The number of rotatable bonds is 5. The molecule has 0 radical (unpaired) electrons. The van der Waals surface area contributed by atoms with E-state index in [-0.39, 0.29) is 11.2 Å². The molecule has 1 aromatic heterocycles. The van der Waals surface area contributed by atoms with Gasteiger partial charge in [0.1, 0.15) is 11.3 Å². The standard InChI is InChI=1S/C22H22N2O5/c1-27-17-5-6-18-19(25)13-21(29-20(18)12-17)22(26)23-16-4-2-3-15(11-16)14-24-7-9-28-10-8-24/h2-6,11-13H,7-10,14H2,1H3,(H,23,26). The predicted molar refractivity (Wildman–Crippen MR) is 110 cm³/mol. The first-order chi connectivity index (χ1) is 14.1. The molecule has 7 nitrogen and oxygen atoms in total. The Hall–Kier alpha value is -3.16. The van der Waals surface area contributed by atoms with Crippen LogP contribution in [0.5, 0.6) is 5.75 Å². The van der Waals surface area contributed by atoms with Crippen LogP contribution in [0.2, 0.25) is 0 Å². The normalized spacial score (nSPS) is 14.7. The molecule has 0 bridgehead atoms. The van der Waals surface area contributed by atoms with Gasteiger partial charge in [0.05, 0.1) is 25.7 Å². The van der Waals surface area contributed by atoms with Crippen molar-refractivity contribution in [2.24, 2.45) is 0 Å². The van der Waals surface area contributed by atoms with E-state index in [0.29, 0.717) is 22.4 Å². The Morgan fingerprint density at radius 3 is 2.76 bits per heavy atom. The van der Waals surface area contributed by atoms with Crippen molar-refractivity contribution in [1.82, 2.24) is 4.90 Å². The molecule has 4 rings (SSSR count). The average Bonchev–Trinajstić information content (AvgIpc) is 2.74. The molecule has 1 N–H and O–H groups in total. The number of methoxy groups -OCH3 is 1. The zero-order valence-electron chi connectivity index (χ0n) is 16.1. The highest BCUT2D eigenvalue weighted by molar-refractivity contribution is 6.03. The molecule has 1 fully saturated rings. The van der Waals surface area contributed by atoms with Crippen LogP contribution in [-0.2, 0) is 11.3 Å². The van der Waals surface area contributed by atoms with E-state index >= 15 is 0 Å². The Balaban J connectivity index is 1.53. The van der Waals surface area contributed by atoms with Gasteiger partial charge < -0.3 is 19.2 Å². The lowest BCUT2D eigenvalue weighted by Crippen LogP contribution is -2.35. The zero-order valence-corrected chi connectivity index (χ0v) is 16.1. The van der Waals surface area contributed by atoms with Gasteiger partial charge in [0.15, 0.2) is 11.2 Å². The van der Waals surface area contributed by atoms with Crippen molar-refractivity contribution in [3.8, 4) is 5.75 Å². The Morgan fingerprint density at radius 2 is 1.97 bits per heavy atom. The topological polar surface area (TPSA) is 81.0 Å². The lowest BCUT2D eigenvalue weighted by Gasteiger charge is -2.26. The van der Waals surface area contributed by atoms with Crippen LogP contribution < -0.4 is 15.5 Å². The number of anilines is 1. The minimum Gasteiger partial charge on any atom is -0.497 e. The van der Waals surface area contributed by atoms with Gasteiger partial charge in [0.2, 0.25) is 0 Å². The van der Waals surface area contributed by atoms with Gasteiger partial charge in [-0.05, 0) is 29.8 Å². The van der Waals surface area contributed by atoms with Crippen LogP contribution >= 0.6 is 0 Å². The Morgan fingerprint density at radius 1 is 1.14 bits per heavy atom. The quantitative estimate of drug-likeness (QED) is 0.717. The molecule has 3 aromatic rings. The lowest BCUT2D eigenvalue weighted by atomic mass is 10.1. The maximum absolute atomic E-state index is 12.7. The molecular formula is C22H22N2O5. The van der Waals surface area contributed by atoms with Gasteiger partial charge >= 0.3 is 0 Å². The molecule has 1 aliphatic heterocycles. The van der Waals surface area contributed by atoms with Crippen molar-refractivity contribution in [2.75, 3.05) is 38.7 Å². The molecule has 0 aliphatic carbocycles. The number of hydrogen-bond acceptors (Lipinski definition) is 6. The first kappa shape index (κ1) is 19.2. The molecule has 1 aliphatic rings. The summed E-state index contributed by atoms with van der Waals surface area (Å²) >= 11 is 0. The highest BCUT2D eigenvalue weighted by atomic mass is 16.5. The van der Waals surface area contributed by atoms with Crippen LogP contribution in [0.4, 0.5) is 5.69 Å². The number of nitrogens with one attached hydrogen (secondary N) is 1. The fourth-order valence-corrected chi connectivity index (χ4v) is 3.33. The number of fused-ring (bicyclic) bond motifs is 1. The van der Waals surface area contributed by atoms with Crippen LogP contribution in [-0.4, -0.2) is 44.2 Å². The highest BCUT2D eigenvalue weighted by Gasteiger charge is 2.15. The van der Waals surface area contributed by atoms with Crippen LogP contribution in [0.3, 0.4) is 0 Å². The molecule has 1 saturated heterocycles. The molecule has 2 heterocycles. The number of amides is 1. The van der Waals surface area contributed by atoms with E-state index in [1.54, 1.807) is 18.2 Å². The van der Waals surface area contributed by atoms with Gasteiger partial charge in [-0.15, -0.1) is 0 Å². The second kappa shape index (κ2) is 8.46. The molecule has 0 saturated carbocycles. The molecule has 7 heteroatoms. The molecule has 150 valence electrons. The molecule has 1 amide bonds. The lowest BCUT2D eigenvalue weighted by molar-refractivity contribution is 0.0342. The Kier molecular flexibility index (Phi) is 5.59. The molecule has 2 aromatic carbocycles. The first-order valence-electron chi connectivity index (χ1n) is 9.45. The molecular weight excluding hydrogens is 372 g/mol. The first-order valence-corrected chi connectivity index (χ1v) is 9.45. The summed E-state index contributed by atoms with van der Waals surface area (Å²) < 4.78 is 16.2. The van der Waals surface area contributed by atoms with E-state index in [1.165, 1.54) is 13.2 Å². The number of carbonyl (C=O) groups is 1. The smallest absolute Gasteiger partial charge is 0.291 e. The van der Waals surface area contributed by atoms with Crippen LogP contribution in [0, 0.1) is 0 Å². The van der Waals surface area contributed by atoms with E-state index in [9.17, 15) is 9.59 Å². The van der Waals surface area contributed by atoms with Crippen molar-refractivity contribution in [3.05, 3.63) is 70.1 Å². The van der Waals surface area contributed by atoms with Gasteiger partial charge in [-0.1, -0.05) is 12.1 Å². The molecule has 0 atom stereocenters. The number of morpholine rings is 1. The number of benzene rings is 2. The maximum Gasteiger partial charge on any atom is 0.291 e. The van der Waals surface area contributed by atoms with Gasteiger partial charge in [0, 0.05) is 37.5 Å². The van der Waals surface area contributed by atoms with Crippen LogP contribution in [0.15, 0.2) is 57.7 Å². The van der Waals surface area contributed by atoms with Gasteiger partial charge in [0.25, 0.3) is 5.91 Å². The van der Waals surface area contributed by atoms with Crippen LogP contribution in [0.1, 0.15) is 16.1 Å². The summed E-state index contributed by atoms with van der Waals surface area (Å²) in [6.07, 6.45) is 0. The predicted octanol–water partition coefficient (Wildman–Crippen LogP) is 2.89. The van der Waals surface area contributed by atoms with E-state index in [0.717, 1.165) is 38.4 Å². The zero-order chi connectivity index (χ0) is 20.2. The van der Waals surface area contributed by atoms with Crippen molar-refractivity contribution >= 4 is 22.6 Å².